The number of rotatable bonds is 12. The lowest BCUT2D eigenvalue weighted by atomic mass is 9.87. The van der Waals surface area contributed by atoms with Crippen LogP contribution in [-0.2, 0) is 19.1 Å². The van der Waals surface area contributed by atoms with Crippen molar-refractivity contribution in [1.82, 2.24) is 0 Å². The Hall–Kier alpha value is -0.880. The third kappa shape index (κ3) is 10.1. The van der Waals surface area contributed by atoms with E-state index in [0.29, 0.717) is 17.8 Å². The minimum atomic E-state index is -0.372. The van der Waals surface area contributed by atoms with Crippen molar-refractivity contribution in [3.63, 3.8) is 0 Å². The predicted octanol–water partition coefficient (Wildman–Crippen LogP) is 4.21. The number of esters is 2. The van der Waals surface area contributed by atoms with Gasteiger partial charge in [-0.3, -0.25) is 0 Å². The topological polar surface area (TPSA) is 52.6 Å². The molecule has 1 aliphatic rings. The van der Waals surface area contributed by atoms with Crippen molar-refractivity contribution >= 4 is 35.5 Å². The molecule has 0 bridgehead atoms. The first-order valence-corrected chi connectivity index (χ1v) is 10.6. The van der Waals surface area contributed by atoms with Crippen LogP contribution >= 0.6 is 23.5 Å². The van der Waals surface area contributed by atoms with E-state index in [1.165, 1.54) is 50.7 Å². The van der Waals surface area contributed by atoms with E-state index in [1.54, 1.807) is 0 Å². The van der Waals surface area contributed by atoms with Gasteiger partial charge in [0, 0.05) is 23.7 Å². The zero-order chi connectivity index (χ0) is 17.6. The van der Waals surface area contributed by atoms with Gasteiger partial charge in [0.1, 0.15) is 13.2 Å². The van der Waals surface area contributed by atoms with Gasteiger partial charge < -0.3 is 9.47 Å². The van der Waals surface area contributed by atoms with Gasteiger partial charge in [-0.05, 0) is 12.3 Å². The Bertz CT molecular complexity index is 378. The van der Waals surface area contributed by atoms with Crippen LogP contribution in [0.4, 0.5) is 0 Å². The molecule has 0 atom stereocenters. The maximum absolute atomic E-state index is 11.1. The summed E-state index contributed by atoms with van der Waals surface area (Å²) in [7, 11) is 0. The molecule has 1 aliphatic carbocycles. The van der Waals surface area contributed by atoms with E-state index in [4.69, 9.17) is 9.47 Å². The molecule has 0 N–H and O–H groups in total. The number of thioether (sulfide) groups is 2. The number of hydrogen-bond acceptors (Lipinski definition) is 6. The SMILES string of the molecule is C=CC(=O)OCCSC(CC1CCCCC1)SCCOC(=O)C=C. The van der Waals surface area contributed by atoms with Crippen molar-refractivity contribution < 1.29 is 19.1 Å². The van der Waals surface area contributed by atoms with Gasteiger partial charge in [0.2, 0.25) is 0 Å². The van der Waals surface area contributed by atoms with Crippen molar-refractivity contribution in [3.05, 3.63) is 25.3 Å². The lowest BCUT2D eigenvalue weighted by molar-refractivity contribution is -0.138. The van der Waals surface area contributed by atoms with Crippen molar-refractivity contribution in [2.75, 3.05) is 24.7 Å². The van der Waals surface area contributed by atoms with Crippen molar-refractivity contribution in [2.24, 2.45) is 5.92 Å². The van der Waals surface area contributed by atoms with E-state index in [1.807, 2.05) is 23.5 Å². The van der Waals surface area contributed by atoms with E-state index in [2.05, 4.69) is 13.2 Å². The quantitative estimate of drug-likeness (QED) is 0.221. The maximum Gasteiger partial charge on any atom is 0.330 e. The standard InChI is InChI=1S/C18H28O4S2/c1-3-16(19)21-10-12-23-18(14-15-8-6-5-7-9-15)24-13-11-22-17(20)4-2/h3-4,15,18H,1-2,5-14H2. The normalized spacial score (nSPS) is 15.0. The van der Waals surface area contributed by atoms with Gasteiger partial charge in [-0.15, -0.1) is 23.5 Å². The lowest BCUT2D eigenvalue weighted by Crippen LogP contribution is -2.15. The summed E-state index contributed by atoms with van der Waals surface area (Å²) in [6.45, 7) is 7.59. The molecule has 0 aromatic heterocycles. The minimum absolute atomic E-state index is 0.372. The van der Waals surface area contributed by atoms with Crippen LogP contribution in [0.2, 0.25) is 0 Å². The van der Waals surface area contributed by atoms with Crippen molar-refractivity contribution in [1.29, 1.82) is 0 Å². The van der Waals surface area contributed by atoms with Crippen LogP contribution < -0.4 is 0 Å². The highest BCUT2D eigenvalue weighted by atomic mass is 32.2. The van der Waals surface area contributed by atoms with Crippen LogP contribution in [0, 0.1) is 5.92 Å². The third-order valence-corrected chi connectivity index (χ3v) is 6.60. The van der Waals surface area contributed by atoms with E-state index in [9.17, 15) is 9.59 Å². The fourth-order valence-corrected chi connectivity index (χ4v) is 5.30. The Morgan fingerprint density at radius 2 is 1.46 bits per heavy atom. The fraction of sp³-hybridized carbons (Fsp3) is 0.667. The largest absolute Gasteiger partial charge is 0.462 e. The smallest absolute Gasteiger partial charge is 0.330 e. The molecule has 4 nitrogen and oxygen atoms in total. The number of carbonyl (C=O) groups excluding carboxylic acids is 2. The summed E-state index contributed by atoms with van der Waals surface area (Å²) in [5.41, 5.74) is 0. The Morgan fingerprint density at radius 1 is 0.958 bits per heavy atom. The molecule has 136 valence electrons. The molecule has 0 radical (unpaired) electrons. The molecular weight excluding hydrogens is 344 g/mol. The summed E-state index contributed by atoms with van der Waals surface area (Å²) in [4.78, 5) is 22.1. The summed E-state index contributed by atoms with van der Waals surface area (Å²) in [6.07, 6.45) is 10.2. The van der Waals surface area contributed by atoms with Gasteiger partial charge >= 0.3 is 11.9 Å². The molecule has 0 unspecified atom stereocenters. The van der Waals surface area contributed by atoms with Crippen LogP contribution in [0.5, 0.6) is 0 Å². The second-order valence-electron chi connectivity index (χ2n) is 5.65. The summed E-state index contributed by atoms with van der Waals surface area (Å²) in [5.74, 6) is 1.59. The van der Waals surface area contributed by atoms with Crippen LogP contribution in [-0.4, -0.2) is 41.2 Å². The molecule has 0 amide bonds. The molecule has 0 saturated heterocycles. The van der Waals surface area contributed by atoms with Gasteiger partial charge in [-0.25, -0.2) is 9.59 Å². The number of hydrogen-bond donors (Lipinski definition) is 0. The van der Waals surface area contributed by atoms with E-state index in [0.717, 1.165) is 17.4 Å². The van der Waals surface area contributed by atoms with Crippen LogP contribution in [0.15, 0.2) is 25.3 Å². The second-order valence-corrected chi connectivity index (χ2v) is 8.57. The van der Waals surface area contributed by atoms with Gasteiger partial charge in [-0.1, -0.05) is 45.3 Å². The van der Waals surface area contributed by atoms with Crippen molar-refractivity contribution in [3.8, 4) is 0 Å². The van der Waals surface area contributed by atoms with Crippen LogP contribution in [0.3, 0.4) is 0 Å². The van der Waals surface area contributed by atoms with E-state index >= 15 is 0 Å². The van der Waals surface area contributed by atoms with E-state index < -0.39 is 0 Å². The monoisotopic (exact) mass is 372 g/mol. The van der Waals surface area contributed by atoms with Gasteiger partial charge in [0.05, 0.1) is 4.58 Å². The predicted molar refractivity (Wildman–Crippen MR) is 102 cm³/mol. The summed E-state index contributed by atoms with van der Waals surface area (Å²) in [6, 6.07) is 0. The maximum atomic E-state index is 11.1. The highest BCUT2D eigenvalue weighted by Gasteiger charge is 2.20. The first kappa shape index (κ1) is 21.2. The number of carbonyl (C=O) groups is 2. The first-order valence-electron chi connectivity index (χ1n) is 8.47. The van der Waals surface area contributed by atoms with Gasteiger partial charge in [0.15, 0.2) is 0 Å². The molecule has 0 heterocycles. The Morgan fingerprint density at radius 3 is 1.92 bits per heavy atom. The molecule has 0 aromatic carbocycles. The Labute approximate surface area is 153 Å². The molecule has 0 spiro atoms. The highest BCUT2D eigenvalue weighted by molar-refractivity contribution is 8.17. The van der Waals surface area contributed by atoms with Gasteiger partial charge in [-0.2, -0.15) is 0 Å². The molecule has 1 rings (SSSR count). The molecule has 0 aliphatic heterocycles. The fourth-order valence-electron chi connectivity index (χ4n) is 2.64. The average molecular weight is 373 g/mol. The molecule has 24 heavy (non-hydrogen) atoms. The zero-order valence-corrected chi connectivity index (χ0v) is 15.9. The highest BCUT2D eigenvalue weighted by Crippen LogP contribution is 2.35. The van der Waals surface area contributed by atoms with Gasteiger partial charge in [0.25, 0.3) is 0 Å². The molecule has 1 saturated carbocycles. The van der Waals surface area contributed by atoms with Crippen molar-refractivity contribution in [2.45, 2.75) is 43.1 Å². The minimum Gasteiger partial charge on any atom is -0.462 e. The first-order chi connectivity index (χ1) is 11.7. The summed E-state index contributed by atoms with van der Waals surface area (Å²) in [5, 5.41) is 0. The van der Waals surface area contributed by atoms with Crippen LogP contribution in [0.25, 0.3) is 0 Å². The average Bonchev–Trinajstić information content (AvgIpc) is 2.62. The third-order valence-electron chi connectivity index (χ3n) is 3.85. The molecule has 6 heteroatoms. The molecule has 0 aromatic rings. The second kappa shape index (κ2) is 13.4. The lowest BCUT2D eigenvalue weighted by Gasteiger charge is -2.26. The summed E-state index contributed by atoms with van der Waals surface area (Å²) >= 11 is 3.65. The Kier molecular flexibility index (Phi) is 11.8. The molecule has 1 fully saturated rings. The zero-order valence-electron chi connectivity index (χ0n) is 14.2. The van der Waals surface area contributed by atoms with E-state index in [-0.39, 0.29) is 11.9 Å². The summed E-state index contributed by atoms with van der Waals surface area (Å²) < 4.78 is 10.5. The van der Waals surface area contributed by atoms with Crippen LogP contribution in [0.1, 0.15) is 38.5 Å². The Balaban J connectivity index is 2.30. The number of ether oxygens (including phenoxy) is 2. The molecular formula is C18H28O4S2.